The van der Waals surface area contributed by atoms with Gasteiger partial charge in [0.2, 0.25) is 17.5 Å². The molecule has 0 saturated heterocycles. The van der Waals surface area contributed by atoms with E-state index < -0.39 is 5.97 Å². The number of cyclic esters (lactones) is 1. The van der Waals surface area contributed by atoms with Crippen LogP contribution in [-0.2, 0) is 9.53 Å². The van der Waals surface area contributed by atoms with Crippen LogP contribution < -0.4 is 18.9 Å². The van der Waals surface area contributed by atoms with Crippen molar-refractivity contribution >= 4 is 28.8 Å². The van der Waals surface area contributed by atoms with Crippen LogP contribution in [0.1, 0.15) is 16.7 Å². The summed E-state index contributed by atoms with van der Waals surface area (Å²) in [6, 6.07) is 11.2. The van der Waals surface area contributed by atoms with Crippen LogP contribution >= 0.6 is 0 Å². The normalized spacial score (nSPS) is 14.3. The molecule has 32 heavy (non-hydrogen) atoms. The number of hydrogen-bond donors (Lipinski definition) is 0. The SMILES string of the molecule is COc1cc(C2=N/C(=C\c3cc4ccc(C)cc4nc3OC)C(=O)O2)cc(OC)c1OC. The number of benzene rings is 2. The Hall–Kier alpha value is -4.07. The van der Waals surface area contributed by atoms with E-state index in [1.807, 2.05) is 31.2 Å². The van der Waals surface area contributed by atoms with E-state index in [4.69, 9.17) is 23.7 Å². The number of aliphatic imine (C=N–C) groups is 1. The van der Waals surface area contributed by atoms with Crippen molar-refractivity contribution in [3.8, 4) is 23.1 Å². The first kappa shape index (κ1) is 21.2. The van der Waals surface area contributed by atoms with E-state index in [-0.39, 0.29) is 11.6 Å². The minimum Gasteiger partial charge on any atom is -0.493 e. The Labute approximate surface area is 185 Å². The first-order valence-corrected chi connectivity index (χ1v) is 9.75. The standard InChI is InChI=1S/C24H22N2O6/c1-13-6-7-14-9-15(22(31-5)25-17(14)8-13)10-18-24(27)32-23(26-18)16-11-19(28-2)21(30-4)20(12-16)29-3/h6-12H,1-5H3/b18-10-. The Morgan fingerprint density at radius 1 is 0.906 bits per heavy atom. The zero-order chi connectivity index (χ0) is 22.8. The number of ether oxygens (including phenoxy) is 5. The lowest BCUT2D eigenvalue weighted by molar-refractivity contribution is -0.129. The number of hydrogen-bond acceptors (Lipinski definition) is 8. The van der Waals surface area contributed by atoms with Gasteiger partial charge in [-0.1, -0.05) is 12.1 Å². The molecule has 8 nitrogen and oxygen atoms in total. The average Bonchev–Trinajstić information content (AvgIpc) is 3.17. The molecule has 0 atom stereocenters. The molecule has 2 heterocycles. The minimum absolute atomic E-state index is 0.125. The van der Waals surface area contributed by atoms with Crippen molar-refractivity contribution in [2.24, 2.45) is 4.99 Å². The largest absolute Gasteiger partial charge is 0.493 e. The number of nitrogens with zero attached hydrogens (tertiary/aromatic N) is 2. The van der Waals surface area contributed by atoms with E-state index in [0.717, 1.165) is 16.5 Å². The zero-order valence-electron chi connectivity index (χ0n) is 18.4. The summed E-state index contributed by atoms with van der Waals surface area (Å²) in [5.74, 6) is 1.22. The predicted octanol–water partition coefficient (Wildman–Crippen LogP) is 3.92. The molecule has 1 aromatic heterocycles. The van der Waals surface area contributed by atoms with Crippen molar-refractivity contribution in [2.45, 2.75) is 6.92 Å². The van der Waals surface area contributed by atoms with E-state index in [2.05, 4.69) is 9.98 Å². The van der Waals surface area contributed by atoms with Gasteiger partial charge in [-0.15, -0.1) is 0 Å². The number of aromatic nitrogens is 1. The second-order valence-corrected chi connectivity index (χ2v) is 7.03. The van der Waals surface area contributed by atoms with Gasteiger partial charge in [-0.25, -0.2) is 14.8 Å². The predicted molar refractivity (Wildman–Crippen MR) is 120 cm³/mol. The topological polar surface area (TPSA) is 88.5 Å². The molecule has 4 rings (SSSR count). The highest BCUT2D eigenvalue weighted by Crippen LogP contribution is 2.39. The van der Waals surface area contributed by atoms with Crippen LogP contribution in [0.3, 0.4) is 0 Å². The Morgan fingerprint density at radius 3 is 2.25 bits per heavy atom. The van der Waals surface area contributed by atoms with Crippen molar-refractivity contribution in [3.05, 3.63) is 58.8 Å². The molecule has 0 N–H and O–H groups in total. The number of rotatable bonds is 6. The lowest BCUT2D eigenvalue weighted by Gasteiger charge is -2.13. The molecule has 0 aliphatic carbocycles. The van der Waals surface area contributed by atoms with Crippen molar-refractivity contribution in [1.82, 2.24) is 4.98 Å². The quantitative estimate of drug-likeness (QED) is 0.429. The number of methoxy groups -OCH3 is 4. The highest BCUT2D eigenvalue weighted by molar-refractivity contribution is 6.13. The van der Waals surface area contributed by atoms with Gasteiger partial charge in [-0.2, -0.15) is 0 Å². The van der Waals surface area contributed by atoms with E-state index in [1.54, 1.807) is 18.2 Å². The van der Waals surface area contributed by atoms with Crippen LogP contribution in [-0.4, -0.2) is 45.3 Å². The Bertz CT molecular complexity index is 1250. The van der Waals surface area contributed by atoms with Crippen molar-refractivity contribution in [3.63, 3.8) is 0 Å². The highest BCUT2D eigenvalue weighted by atomic mass is 16.6. The third-order valence-corrected chi connectivity index (χ3v) is 4.98. The average molecular weight is 434 g/mol. The third-order valence-electron chi connectivity index (χ3n) is 4.98. The minimum atomic E-state index is -0.584. The molecule has 0 amide bonds. The fourth-order valence-corrected chi connectivity index (χ4v) is 3.43. The highest BCUT2D eigenvalue weighted by Gasteiger charge is 2.27. The van der Waals surface area contributed by atoms with Crippen molar-refractivity contribution < 1.29 is 28.5 Å². The first-order valence-electron chi connectivity index (χ1n) is 9.75. The summed E-state index contributed by atoms with van der Waals surface area (Å²) >= 11 is 0. The summed E-state index contributed by atoms with van der Waals surface area (Å²) in [5, 5.41) is 0.920. The molecule has 1 aliphatic rings. The van der Waals surface area contributed by atoms with Gasteiger partial charge in [0.05, 0.1) is 34.0 Å². The molecule has 3 aromatic rings. The van der Waals surface area contributed by atoms with E-state index in [1.165, 1.54) is 28.4 Å². The maximum absolute atomic E-state index is 12.5. The third kappa shape index (κ3) is 3.82. The smallest absolute Gasteiger partial charge is 0.363 e. The maximum Gasteiger partial charge on any atom is 0.363 e. The van der Waals surface area contributed by atoms with Crippen molar-refractivity contribution in [1.29, 1.82) is 0 Å². The van der Waals surface area contributed by atoms with E-state index in [0.29, 0.717) is 34.3 Å². The van der Waals surface area contributed by atoms with Gasteiger partial charge in [0.25, 0.3) is 0 Å². The molecule has 0 spiro atoms. The molecule has 0 unspecified atom stereocenters. The fraction of sp³-hybridized carbons (Fsp3) is 0.208. The van der Waals surface area contributed by atoms with Gasteiger partial charge in [0.15, 0.2) is 17.2 Å². The van der Waals surface area contributed by atoms with Crippen LogP contribution in [0.4, 0.5) is 0 Å². The molecular formula is C24H22N2O6. The van der Waals surface area contributed by atoms with Crippen molar-refractivity contribution in [2.75, 3.05) is 28.4 Å². The number of aryl methyl sites for hydroxylation is 1. The summed E-state index contributed by atoms with van der Waals surface area (Å²) in [4.78, 5) is 21.5. The second kappa shape index (κ2) is 8.58. The molecule has 164 valence electrons. The molecule has 0 fully saturated rings. The second-order valence-electron chi connectivity index (χ2n) is 7.03. The lowest BCUT2D eigenvalue weighted by Crippen LogP contribution is -2.07. The number of esters is 1. The summed E-state index contributed by atoms with van der Waals surface area (Å²) in [7, 11) is 6.06. The Kier molecular flexibility index (Phi) is 5.68. The molecule has 2 aromatic carbocycles. The maximum atomic E-state index is 12.5. The number of pyridine rings is 1. The molecule has 0 radical (unpaired) electrons. The van der Waals surface area contributed by atoms with Gasteiger partial charge in [-0.05, 0) is 42.8 Å². The Morgan fingerprint density at radius 2 is 1.62 bits per heavy atom. The van der Waals surface area contributed by atoms with Crippen LogP contribution in [0.5, 0.6) is 23.1 Å². The van der Waals surface area contributed by atoms with Gasteiger partial charge in [-0.3, -0.25) is 0 Å². The molecular weight excluding hydrogens is 412 g/mol. The number of carbonyl (C=O) groups is 1. The molecule has 8 heteroatoms. The van der Waals surface area contributed by atoms with Gasteiger partial charge in [0, 0.05) is 16.5 Å². The molecule has 0 bridgehead atoms. The first-order chi connectivity index (χ1) is 15.5. The monoisotopic (exact) mass is 434 g/mol. The Balaban J connectivity index is 1.78. The van der Waals surface area contributed by atoms with E-state index >= 15 is 0 Å². The van der Waals surface area contributed by atoms with Crippen LogP contribution in [0.25, 0.3) is 17.0 Å². The van der Waals surface area contributed by atoms with Crippen LogP contribution in [0, 0.1) is 6.92 Å². The van der Waals surface area contributed by atoms with E-state index in [9.17, 15) is 4.79 Å². The zero-order valence-corrected chi connectivity index (χ0v) is 18.4. The lowest BCUT2D eigenvalue weighted by atomic mass is 10.1. The van der Waals surface area contributed by atoms with Gasteiger partial charge in [0.1, 0.15) is 0 Å². The summed E-state index contributed by atoms with van der Waals surface area (Å²) < 4.78 is 26.9. The summed E-state index contributed by atoms with van der Waals surface area (Å²) in [5.41, 5.74) is 3.15. The fourth-order valence-electron chi connectivity index (χ4n) is 3.43. The van der Waals surface area contributed by atoms with Gasteiger partial charge >= 0.3 is 5.97 Å². The summed E-state index contributed by atoms with van der Waals surface area (Å²) in [6.07, 6.45) is 1.60. The number of fused-ring (bicyclic) bond motifs is 1. The van der Waals surface area contributed by atoms with Crippen LogP contribution in [0.15, 0.2) is 47.1 Å². The summed E-state index contributed by atoms with van der Waals surface area (Å²) in [6.45, 7) is 2.00. The molecule has 1 aliphatic heterocycles. The number of carbonyl (C=O) groups excluding carboxylic acids is 1. The van der Waals surface area contributed by atoms with Crippen LogP contribution in [0.2, 0.25) is 0 Å². The molecule has 0 saturated carbocycles. The van der Waals surface area contributed by atoms with Gasteiger partial charge < -0.3 is 23.7 Å².